The van der Waals surface area contributed by atoms with E-state index < -0.39 is 23.8 Å². The topological polar surface area (TPSA) is 93.7 Å². The van der Waals surface area contributed by atoms with Gasteiger partial charge in [0.1, 0.15) is 5.60 Å². The Labute approximate surface area is 172 Å². The first-order valence-corrected chi connectivity index (χ1v) is 10.2. The van der Waals surface area contributed by atoms with Gasteiger partial charge in [-0.2, -0.15) is 0 Å². The second-order valence-corrected chi connectivity index (χ2v) is 8.63. The molecule has 1 aliphatic rings. The van der Waals surface area contributed by atoms with Gasteiger partial charge in [0.2, 0.25) is 0 Å². The summed E-state index contributed by atoms with van der Waals surface area (Å²) >= 11 is 0. The van der Waals surface area contributed by atoms with Crippen molar-refractivity contribution in [1.82, 2.24) is 5.32 Å². The van der Waals surface area contributed by atoms with Gasteiger partial charge in [-0.15, -0.1) is 0 Å². The molecule has 1 aromatic carbocycles. The van der Waals surface area contributed by atoms with Gasteiger partial charge in [-0.3, -0.25) is 10.1 Å². The maximum absolute atomic E-state index is 12.4. The van der Waals surface area contributed by atoms with E-state index in [9.17, 15) is 14.4 Å². The van der Waals surface area contributed by atoms with Crippen LogP contribution in [0, 0.1) is 5.92 Å². The number of carbonyl (C=O) groups is 3. The van der Waals surface area contributed by atoms with Gasteiger partial charge in [0.05, 0.1) is 5.56 Å². The summed E-state index contributed by atoms with van der Waals surface area (Å²) < 4.78 is 10.5. The van der Waals surface area contributed by atoms with E-state index in [1.165, 1.54) is 18.6 Å². The lowest BCUT2D eigenvalue weighted by molar-refractivity contribution is -0.130. The SMILES string of the molecule is C[C@@H]1CCCC[C@@H]1NC(=O)[C@@H](C)OC(=O)c1ccc(NC(=O)OC(C)(C)C)cc1. The van der Waals surface area contributed by atoms with Gasteiger partial charge >= 0.3 is 12.1 Å². The molecule has 0 heterocycles. The molecule has 0 unspecified atom stereocenters. The highest BCUT2D eigenvalue weighted by Gasteiger charge is 2.26. The number of benzene rings is 1. The van der Waals surface area contributed by atoms with Crippen LogP contribution in [0.5, 0.6) is 0 Å². The summed E-state index contributed by atoms with van der Waals surface area (Å²) in [4.78, 5) is 36.5. The Bertz CT molecular complexity index is 724. The highest BCUT2D eigenvalue weighted by molar-refractivity contribution is 5.93. The van der Waals surface area contributed by atoms with Crippen molar-refractivity contribution in [2.45, 2.75) is 78.0 Å². The second kappa shape index (κ2) is 9.76. The van der Waals surface area contributed by atoms with E-state index in [0.29, 0.717) is 17.2 Å². The Morgan fingerprint density at radius 3 is 2.28 bits per heavy atom. The summed E-state index contributed by atoms with van der Waals surface area (Å²) in [6, 6.07) is 6.35. The molecule has 160 valence electrons. The van der Waals surface area contributed by atoms with Crippen molar-refractivity contribution < 1.29 is 23.9 Å². The fourth-order valence-corrected chi connectivity index (χ4v) is 3.22. The number of nitrogens with one attached hydrogen (secondary N) is 2. The van der Waals surface area contributed by atoms with Gasteiger partial charge in [0.15, 0.2) is 6.10 Å². The number of rotatable bonds is 5. The predicted octanol–water partition coefficient (Wildman–Crippen LogP) is 4.27. The van der Waals surface area contributed by atoms with Gasteiger partial charge in [-0.1, -0.05) is 19.8 Å². The van der Waals surface area contributed by atoms with Crippen LogP contribution in [-0.4, -0.2) is 35.7 Å². The number of ether oxygens (including phenoxy) is 2. The van der Waals surface area contributed by atoms with Gasteiger partial charge < -0.3 is 14.8 Å². The summed E-state index contributed by atoms with van der Waals surface area (Å²) in [6.07, 6.45) is 2.90. The Hall–Kier alpha value is -2.57. The van der Waals surface area contributed by atoms with Crippen LogP contribution in [0.2, 0.25) is 0 Å². The normalized spacial score (nSPS) is 20.3. The molecule has 7 nitrogen and oxygen atoms in total. The minimum atomic E-state index is -0.879. The van der Waals surface area contributed by atoms with Crippen LogP contribution >= 0.6 is 0 Å². The molecule has 2 N–H and O–H groups in total. The third kappa shape index (κ3) is 7.40. The Balaban J connectivity index is 1.86. The molecule has 1 aliphatic carbocycles. The molecule has 0 aromatic heterocycles. The molecule has 2 rings (SSSR count). The maximum atomic E-state index is 12.4. The lowest BCUT2D eigenvalue weighted by Crippen LogP contribution is -2.45. The van der Waals surface area contributed by atoms with Crippen LogP contribution in [0.3, 0.4) is 0 Å². The Morgan fingerprint density at radius 1 is 1.07 bits per heavy atom. The van der Waals surface area contributed by atoms with Gasteiger partial charge in [-0.05, 0) is 70.7 Å². The van der Waals surface area contributed by atoms with Gasteiger partial charge in [-0.25, -0.2) is 9.59 Å². The highest BCUT2D eigenvalue weighted by Crippen LogP contribution is 2.24. The third-order valence-corrected chi connectivity index (χ3v) is 4.86. The third-order valence-electron chi connectivity index (χ3n) is 4.86. The fourth-order valence-electron chi connectivity index (χ4n) is 3.22. The van der Waals surface area contributed by atoms with E-state index >= 15 is 0 Å². The number of esters is 1. The van der Waals surface area contributed by atoms with Crippen molar-refractivity contribution in [3.8, 4) is 0 Å². The minimum absolute atomic E-state index is 0.135. The largest absolute Gasteiger partial charge is 0.449 e. The smallest absolute Gasteiger partial charge is 0.412 e. The van der Waals surface area contributed by atoms with E-state index in [2.05, 4.69) is 17.6 Å². The molecule has 29 heavy (non-hydrogen) atoms. The molecule has 2 amide bonds. The van der Waals surface area contributed by atoms with Crippen LogP contribution in [0.1, 0.15) is 70.7 Å². The molecule has 1 aromatic rings. The maximum Gasteiger partial charge on any atom is 0.412 e. The first kappa shape index (κ1) is 22.7. The lowest BCUT2D eigenvalue weighted by atomic mass is 9.86. The molecule has 1 fully saturated rings. The van der Waals surface area contributed by atoms with E-state index in [1.807, 2.05) is 0 Å². The van der Waals surface area contributed by atoms with E-state index in [-0.39, 0.29) is 11.9 Å². The van der Waals surface area contributed by atoms with Crippen LogP contribution < -0.4 is 10.6 Å². The van der Waals surface area contributed by atoms with E-state index in [0.717, 1.165) is 19.3 Å². The summed E-state index contributed by atoms with van der Waals surface area (Å²) in [5, 5.41) is 5.59. The van der Waals surface area contributed by atoms with E-state index in [4.69, 9.17) is 9.47 Å². The summed E-state index contributed by atoms with van der Waals surface area (Å²) in [5.74, 6) is -0.436. The fraction of sp³-hybridized carbons (Fsp3) is 0.591. The molecular formula is C22H32N2O5. The molecule has 0 aliphatic heterocycles. The minimum Gasteiger partial charge on any atom is -0.449 e. The number of hydrogen-bond acceptors (Lipinski definition) is 5. The molecule has 3 atom stereocenters. The first-order chi connectivity index (χ1) is 13.5. The van der Waals surface area contributed by atoms with Crippen molar-refractivity contribution in [3.05, 3.63) is 29.8 Å². The lowest BCUT2D eigenvalue weighted by Gasteiger charge is -2.30. The van der Waals surface area contributed by atoms with Crippen molar-refractivity contribution >= 4 is 23.7 Å². The monoisotopic (exact) mass is 404 g/mol. The zero-order valence-electron chi connectivity index (χ0n) is 17.9. The zero-order chi connectivity index (χ0) is 21.6. The number of anilines is 1. The first-order valence-electron chi connectivity index (χ1n) is 10.2. The summed E-state index contributed by atoms with van der Waals surface area (Å²) in [6.45, 7) is 9.03. The summed E-state index contributed by atoms with van der Waals surface area (Å²) in [7, 11) is 0. The van der Waals surface area contributed by atoms with Gasteiger partial charge in [0.25, 0.3) is 5.91 Å². The second-order valence-electron chi connectivity index (χ2n) is 8.63. The van der Waals surface area contributed by atoms with Crippen LogP contribution in [0.25, 0.3) is 0 Å². The highest BCUT2D eigenvalue weighted by atomic mass is 16.6. The molecular weight excluding hydrogens is 372 g/mol. The van der Waals surface area contributed by atoms with E-state index in [1.54, 1.807) is 39.8 Å². The molecule has 0 bridgehead atoms. The van der Waals surface area contributed by atoms with Crippen molar-refractivity contribution in [2.75, 3.05) is 5.32 Å². The quantitative estimate of drug-likeness (QED) is 0.715. The molecule has 7 heteroatoms. The van der Waals surface area contributed by atoms with Crippen molar-refractivity contribution in [3.63, 3.8) is 0 Å². The Morgan fingerprint density at radius 2 is 1.69 bits per heavy atom. The summed E-state index contributed by atoms with van der Waals surface area (Å²) in [5.41, 5.74) is 0.193. The molecule has 0 spiro atoms. The average molecular weight is 405 g/mol. The number of hydrogen-bond donors (Lipinski definition) is 2. The van der Waals surface area contributed by atoms with Crippen LogP contribution in [0.15, 0.2) is 24.3 Å². The zero-order valence-corrected chi connectivity index (χ0v) is 17.9. The van der Waals surface area contributed by atoms with Crippen molar-refractivity contribution in [1.29, 1.82) is 0 Å². The molecule has 1 saturated carbocycles. The molecule has 0 saturated heterocycles. The predicted molar refractivity (Wildman–Crippen MR) is 111 cm³/mol. The number of carbonyl (C=O) groups excluding carboxylic acids is 3. The van der Waals surface area contributed by atoms with Crippen molar-refractivity contribution in [2.24, 2.45) is 5.92 Å². The Kier molecular flexibility index (Phi) is 7.65. The average Bonchev–Trinajstić information content (AvgIpc) is 2.62. The molecule has 0 radical (unpaired) electrons. The van der Waals surface area contributed by atoms with Crippen LogP contribution in [-0.2, 0) is 14.3 Å². The standard InChI is InChI=1S/C22H32N2O5/c1-14-8-6-7-9-18(14)24-19(25)15(2)28-20(26)16-10-12-17(13-11-16)23-21(27)29-22(3,4)5/h10-15,18H,6-9H2,1-5H3,(H,23,27)(H,24,25)/t14-,15-,18+/m1/s1. The number of amides is 2. The van der Waals surface area contributed by atoms with Crippen LogP contribution in [0.4, 0.5) is 10.5 Å². The van der Waals surface area contributed by atoms with Gasteiger partial charge in [0, 0.05) is 11.7 Å².